The van der Waals surface area contributed by atoms with Crippen molar-refractivity contribution in [3.8, 4) is 0 Å². The molecule has 108 valence electrons. The highest BCUT2D eigenvalue weighted by molar-refractivity contribution is 5.95. The van der Waals surface area contributed by atoms with Gasteiger partial charge in [-0.05, 0) is 31.0 Å². The molecule has 1 atom stereocenters. The van der Waals surface area contributed by atoms with E-state index >= 15 is 0 Å². The van der Waals surface area contributed by atoms with Crippen molar-refractivity contribution < 1.29 is 19.1 Å². The Hall–Kier alpha value is -2.11. The Bertz CT molecular complexity index is 561. The normalized spacial score (nSPS) is 22.0. The van der Waals surface area contributed by atoms with E-state index in [-0.39, 0.29) is 23.7 Å². The van der Waals surface area contributed by atoms with Gasteiger partial charge in [-0.2, -0.15) is 0 Å². The van der Waals surface area contributed by atoms with Crippen LogP contribution >= 0.6 is 0 Å². The third kappa shape index (κ3) is 2.33. The number of carbonyl (C=O) groups is 2. The van der Waals surface area contributed by atoms with Crippen molar-refractivity contribution in [3.63, 3.8) is 0 Å². The lowest BCUT2D eigenvalue weighted by Gasteiger charge is -2.23. The minimum atomic E-state index is -0.890. The number of carboxylic acids is 1. The first-order chi connectivity index (χ1) is 9.39. The van der Waals surface area contributed by atoms with Crippen molar-refractivity contribution in [3.05, 3.63) is 29.6 Å². The number of aliphatic carboxylic acids is 1. The van der Waals surface area contributed by atoms with Crippen LogP contribution in [-0.2, 0) is 4.79 Å². The lowest BCUT2D eigenvalue weighted by molar-refractivity contribution is -0.148. The number of nitrogen functional groups attached to an aromatic ring is 1. The van der Waals surface area contributed by atoms with E-state index in [1.807, 2.05) is 0 Å². The molecule has 0 radical (unpaired) electrons. The zero-order valence-corrected chi connectivity index (χ0v) is 11.2. The topological polar surface area (TPSA) is 83.6 Å². The first kappa shape index (κ1) is 14.3. The van der Waals surface area contributed by atoms with E-state index in [4.69, 9.17) is 5.73 Å². The van der Waals surface area contributed by atoms with Crippen LogP contribution in [0.3, 0.4) is 0 Å². The Labute approximate surface area is 116 Å². The Balaban J connectivity index is 2.19. The van der Waals surface area contributed by atoms with Crippen LogP contribution in [0.4, 0.5) is 10.1 Å². The van der Waals surface area contributed by atoms with Gasteiger partial charge in [-0.15, -0.1) is 0 Å². The molecule has 1 heterocycles. The largest absolute Gasteiger partial charge is 0.481 e. The number of carboxylic acid groups (broad SMARTS) is 1. The van der Waals surface area contributed by atoms with E-state index < -0.39 is 17.2 Å². The highest BCUT2D eigenvalue weighted by atomic mass is 19.1. The number of nitrogens with two attached hydrogens (primary N) is 1. The number of carbonyl (C=O) groups excluding carboxylic acids is 1. The average molecular weight is 280 g/mol. The number of nitrogens with zero attached hydrogens (tertiary/aromatic N) is 1. The van der Waals surface area contributed by atoms with Gasteiger partial charge in [-0.3, -0.25) is 9.59 Å². The van der Waals surface area contributed by atoms with Crippen LogP contribution in [-0.4, -0.2) is 35.0 Å². The summed E-state index contributed by atoms with van der Waals surface area (Å²) >= 11 is 0. The molecule has 1 aliphatic rings. The van der Waals surface area contributed by atoms with Crippen molar-refractivity contribution in [1.29, 1.82) is 0 Å². The van der Waals surface area contributed by atoms with Gasteiger partial charge in [0.1, 0.15) is 5.82 Å². The summed E-state index contributed by atoms with van der Waals surface area (Å²) in [5, 5.41) is 9.30. The first-order valence-electron chi connectivity index (χ1n) is 6.47. The van der Waals surface area contributed by atoms with Crippen LogP contribution in [0.2, 0.25) is 0 Å². The van der Waals surface area contributed by atoms with Gasteiger partial charge in [0, 0.05) is 18.7 Å². The van der Waals surface area contributed by atoms with Crippen LogP contribution in [0.1, 0.15) is 30.1 Å². The second-order valence-electron chi connectivity index (χ2n) is 5.15. The SMILES string of the molecule is CCC1(C(=O)O)CCN(C(=O)c2ccc(N)c(F)c2)C1. The molecule has 1 aliphatic heterocycles. The summed E-state index contributed by atoms with van der Waals surface area (Å²) in [4.78, 5) is 25.1. The molecule has 20 heavy (non-hydrogen) atoms. The van der Waals surface area contributed by atoms with Crippen LogP contribution in [0.15, 0.2) is 18.2 Å². The number of hydrogen-bond donors (Lipinski definition) is 2. The Morgan fingerprint density at radius 3 is 2.70 bits per heavy atom. The minimum Gasteiger partial charge on any atom is -0.481 e. The van der Waals surface area contributed by atoms with E-state index in [0.717, 1.165) is 6.07 Å². The van der Waals surface area contributed by atoms with Gasteiger partial charge in [0.15, 0.2) is 0 Å². The number of amides is 1. The van der Waals surface area contributed by atoms with Crippen LogP contribution < -0.4 is 5.73 Å². The fraction of sp³-hybridized carbons (Fsp3) is 0.429. The zero-order valence-electron chi connectivity index (χ0n) is 11.2. The van der Waals surface area contributed by atoms with Gasteiger partial charge >= 0.3 is 5.97 Å². The third-order valence-electron chi connectivity index (χ3n) is 4.02. The number of likely N-dealkylation sites (tertiary alicyclic amines) is 1. The third-order valence-corrected chi connectivity index (χ3v) is 4.02. The quantitative estimate of drug-likeness (QED) is 0.826. The summed E-state index contributed by atoms with van der Waals surface area (Å²) in [6.07, 6.45) is 0.879. The highest BCUT2D eigenvalue weighted by Crippen LogP contribution is 2.34. The molecule has 2 rings (SSSR count). The molecule has 3 N–H and O–H groups in total. The molecule has 1 aromatic rings. The van der Waals surface area contributed by atoms with Crippen LogP contribution in [0.25, 0.3) is 0 Å². The van der Waals surface area contributed by atoms with Crippen molar-refractivity contribution in [2.75, 3.05) is 18.8 Å². The molecule has 1 aromatic carbocycles. The van der Waals surface area contributed by atoms with Crippen molar-refractivity contribution in [1.82, 2.24) is 4.90 Å². The number of rotatable bonds is 3. The van der Waals surface area contributed by atoms with E-state index in [0.29, 0.717) is 19.4 Å². The van der Waals surface area contributed by atoms with Crippen molar-refractivity contribution in [2.45, 2.75) is 19.8 Å². The lowest BCUT2D eigenvalue weighted by atomic mass is 9.84. The zero-order chi connectivity index (χ0) is 14.9. The molecule has 0 aromatic heterocycles. The Kier molecular flexibility index (Phi) is 3.65. The number of anilines is 1. The standard InChI is InChI=1S/C14H17FN2O3/c1-2-14(13(19)20)5-6-17(8-14)12(18)9-3-4-11(16)10(15)7-9/h3-4,7H,2,5-6,8,16H2,1H3,(H,19,20). The number of halogens is 1. The number of benzene rings is 1. The summed E-state index contributed by atoms with van der Waals surface area (Å²) in [7, 11) is 0. The molecule has 1 saturated heterocycles. The maximum absolute atomic E-state index is 13.4. The van der Waals surface area contributed by atoms with Gasteiger partial charge in [-0.25, -0.2) is 4.39 Å². The smallest absolute Gasteiger partial charge is 0.311 e. The molecular weight excluding hydrogens is 263 g/mol. The maximum atomic E-state index is 13.4. The molecule has 6 heteroatoms. The maximum Gasteiger partial charge on any atom is 0.311 e. The molecule has 1 amide bonds. The molecule has 0 saturated carbocycles. The van der Waals surface area contributed by atoms with Gasteiger partial charge in [0.05, 0.1) is 11.1 Å². The Morgan fingerprint density at radius 2 is 2.20 bits per heavy atom. The second-order valence-corrected chi connectivity index (χ2v) is 5.15. The second kappa shape index (κ2) is 5.11. The van der Waals surface area contributed by atoms with E-state index in [1.165, 1.54) is 17.0 Å². The molecule has 5 nitrogen and oxygen atoms in total. The van der Waals surface area contributed by atoms with Crippen molar-refractivity contribution >= 4 is 17.6 Å². The van der Waals surface area contributed by atoms with E-state index in [9.17, 15) is 19.1 Å². The summed E-state index contributed by atoms with van der Waals surface area (Å²) in [6.45, 7) is 2.32. The summed E-state index contributed by atoms with van der Waals surface area (Å²) in [6, 6.07) is 3.88. The summed E-state index contributed by atoms with van der Waals surface area (Å²) in [5.41, 5.74) is 4.65. The average Bonchev–Trinajstić information content (AvgIpc) is 2.87. The molecule has 0 spiro atoms. The van der Waals surface area contributed by atoms with E-state index in [1.54, 1.807) is 6.92 Å². The van der Waals surface area contributed by atoms with Gasteiger partial charge in [0.25, 0.3) is 5.91 Å². The molecule has 1 fully saturated rings. The lowest BCUT2D eigenvalue weighted by Crippen LogP contribution is -2.36. The predicted octanol–water partition coefficient (Wildman–Crippen LogP) is 1.73. The van der Waals surface area contributed by atoms with E-state index in [2.05, 4.69) is 0 Å². The van der Waals surface area contributed by atoms with Gasteiger partial charge in [-0.1, -0.05) is 6.92 Å². The fourth-order valence-electron chi connectivity index (χ4n) is 2.50. The van der Waals surface area contributed by atoms with Crippen LogP contribution in [0, 0.1) is 11.2 Å². The highest BCUT2D eigenvalue weighted by Gasteiger charge is 2.44. The molecular formula is C14H17FN2O3. The minimum absolute atomic E-state index is 0.0172. The van der Waals surface area contributed by atoms with Crippen LogP contribution in [0.5, 0.6) is 0 Å². The predicted molar refractivity (Wildman–Crippen MR) is 71.7 cm³/mol. The first-order valence-corrected chi connectivity index (χ1v) is 6.47. The number of hydrogen-bond acceptors (Lipinski definition) is 3. The summed E-state index contributed by atoms with van der Waals surface area (Å²) in [5.74, 6) is -1.89. The van der Waals surface area contributed by atoms with Gasteiger partial charge < -0.3 is 15.7 Å². The molecule has 0 bridgehead atoms. The molecule has 0 aliphatic carbocycles. The van der Waals surface area contributed by atoms with Crippen molar-refractivity contribution in [2.24, 2.45) is 5.41 Å². The fourth-order valence-corrected chi connectivity index (χ4v) is 2.50. The monoisotopic (exact) mass is 280 g/mol. The Morgan fingerprint density at radius 1 is 1.50 bits per heavy atom. The summed E-state index contributed by atoms with van der Waals surface area (Å²) < 4.78 is 13.4. The van der Waals surface area contributed by atoms with Gasteiger partial charge in [0.2, 0.25) is 0 Å². The molecule has 1 unspecified atom stereocenters.